The molecule has 1 N–H and O–H groups in total. The maximum Gasteiger partial charge on any atom is 0.277 e. The van der Waals surface area contributed by atoms with Gasteiger partial charge in [-0.1, -0.05) is 23.4 Å². The molecule has 25 heavy (non-hydrogen) atoms. The number of amides is 1. The lowest BCUT2D eigenvalue weighted by atomic mass is 10.3. The van der Waals surface area contributed by atoms with E-state index in [1.165, 1.54) is 12.1 Å². The number of rotatable bonds is 5. The van der Waals surface area contributed by atoms with Gasteiger partial charge in [-0.05, 0) is 37.3 Å². The summed E-state index contributed by atoms with van der Waals surface area (Å²) in [6.45, 7) is 1.65. The van der Waals surface area contributed by atoms with Gasteiger partial charge in [-0.25, -0.2) is 4.39 Å². The summed E-state index contributed by atoms with van der Waals surface area (Å²) >= 11 is 6.76. The number of hydrogen-bond donors (Lipinski definition) is 1. The van der Waals surface area contributed by atoms with Gasteiger partial charge in [0.2, 0.25) is 11.8 Å². The van der Waals surface area contributed by atoms with Gasteiger partial charge in [0, 0.05) is 17.4 Å². The van der Waals surface area contributed by atoms with Crippen molar-refractivity contribution in [2.24, 2.45) is 0 Å². The van der Waals surface area contributed by atoms with Crippen LogP contribution in [0.1, 0.15) is 6.92 Å². The van der Waals surface area contributed by atoms with Gasteiger partial charge < -0.3 is 9.73 Å². The van der Waals surface area contributed by atoms with Gasteiger partial charge in [-0.15, -0.1) is 10.2 Å². The monoisotopic (exact) mass is 378 g/mol. The van der Waals surface area contributed by atoms with Crippen LogP contribution in [-0.2, 0) is 4.79 Å². The molecular weight excluding hydrogens is 367 g/mol. The summed E-state index contributed by atoms with van der Waals surface area (Å²) in [5.41, 5.74) is 0.741. The Hall–Kier alpha value is -2.45. The van der Waals surface area contributed by atoms with Crippen LogP contribution in [0.3, 0.4) is 0 Å². The molecule has 1 amide bonds. The fourth-order valence-electron chi connectivity index (χ4n) is 1.89. The van der Waals surface area contributed by atoms with E-state index in [0.717, 1.165) is 17.8 Å². The SMILES string of the molecule is CC(Sc1nnc(-c2cccnc2)o1)C(=O)Nc1ccc(Cl)cc1F. The summed E-state index contributed by atoms with van der Waals surface area (Å²) in [6, 6.07) is 7.57. The van der Waals surface area contributed by atoms with Crippen molar-refractivity contribution < 1.29 is 13.6 Å². The Labute approximate surface area is 151 Å². The van der Waals surface area contributed by atoms with Crippen molar-refractivity contribution in [1.29, 1.82) is 0 Å². The Morgan fingerprint density at radius 3 is 2.92 bits per heavy atom. The van der Waals surface area contributed by atoms with E-state index in [2.05, 4.69) is 20.5 Å². The van der Waals surface area contributed by atoms with Gasteiger partial charge in [-0.2, -0.15) is 0 Å². The van der Waals surface area contributed by atoms with Crippen LogP contribution in [0, 0.1) is 5.82 Å². The Morgan fingerprint density at radius 2 is 2.20 bits per heavy atom. The van der Waals surface area contributed by atoms with E-state index in [9.17, 15) is 9.18 Å². The minimum Gasteiger partial charge on any atom is -0.411 e. The summed E-state index contributed by atoms with van der Waals surface area (Å²) in [5, 5.41) is 10.2. The first-order valence-corrected chi connectivity index (χ1v) is 8.45. The highest BCUT2D eigenvalue weighted by Gasteiger charge is 2.20. The van der Waals surface area contributed by atoms with Crippen molar-refractivity contribution in [2.75, 3.05) is 5.32 Å². The van der Waals surface area contributed by atoms with Crippen LogP contribution in [0.25, 0.3) is 11.5 Å². The molecule has 0 saturated carbocycles. The van der Waals surface area contributed by atoms with Crippen molar-refractivity contribution in [3.05, 3.63) is 53.6 Å². The molecule has 1 aromatic carbocycles. The summed E-state index contributed by atoms with van der Waals surface area (Å²) in [6.07, 6.45) is 3.24. The standard InChI is InChI=1S/C16H12ClFN4O2S/c1-9(14(23)20-13-5-4-11(17)7-12(13)18)25-16-22-21-15(24-16)10-3-2-6-19-8-10/h2-9H,1H3,(H,20,23). The molecule has 0 fully saturated rings. The maximum absolute atomic E-state index is 13.7. The quantitative estimate of drug-likeness (QED) is 0.675. The zero-order valence-corrected chi connectivity index (χ0v) is 14.5. The highest BCUT2D eigenvalue weighted by Crippen LogP contribution is 2.27. The second kappa shape index (κ2) is 7.62. The lowest BCUT2D eigenvalue weighted by molar-refractivity contribution is -0.115. The van der Waals surface area contributed by atoms with Crippen LogP contribution in [0.2, 0.25) is 5.02 Å². The minimum atomic E-state index is -0.602. The number of hydrogen-bond acceptors (Lipinski definition) is 6. The smallest absolute Gasteiger partial charge is 0.277 e. The van der Waals surface area contributed by atoms with E-state index in [1.807, 2.05) is 0 Å². The van der Waals surface area contributed by atoms with Gasteiger partial charge in [-0.3, -0.25) is 9.78 Å². The first-order chi connectivity index (χ1) is 12.0. The van der Waals surface area contributed by atoms with E-state index >= 15 is 0 Å². The van der Waals surface area contributed by atoms with Crippen molar-refractivity contribution in [1.82, 2.24) is 15.2 Å². The van der Waals surface area contributed by atoms with Crippen LogP contribution in [0.15, 0.2) is 52.4 Å². The second-order valence-electron chi connectivity index (χ2n) is 4.99. The average molecular weight is 379 g/mol. The van der Waals surface area contributed by atoms with E-state index in [-0.39, 0.29) is 15.9 Å². The Balaban J connectivity index is 1.65. The molecule has 0 aliphatic rings. The summed E-state index contributed by atoms with van der Waals surface area (Å²) in [7, 11) is 0. The van der Waals surface area contributed by atoms with E-state index in [0.29, 0.717) is 11.5 Å². The molecule has 6 nitrogen and oxygen atoms in total. The molecule has 3 rings (SSSR count). The third kappa shape index (κ3) is 4.34. The Kier molecular flexibility index (Phi) is 5.30. The molecule has 2 aromatic heterocycles. The molecule has 3 aromatic rings. The average Bonchev–Trinajstić information content (AvgIpc) is 3.06. The molecule has 0 bridgehead atoms. The molecule has 0 aliphatic carbocycles. The fraction of sp³-hybridized carbons (Fsp3) is 0.125. The largest absolute Gasteiger partial charge is 0.411 e. The predicted molar refractivity (Wildman–Crippen MR) is 92.9 cm³/mol. The summed E-state index contributed by atoms with van der Waals surface area (Å²) in [5.74, 6) is -0.686. The van der Waals surface area contributed by atoms with Crippen molar-refractivity contribution >= 4 is 35.0 Å². The van der Waals surface area contributed by atoms with Crippen LogP contribution < -0.4 is 5.32 Å². The van der Waals surface area contributed by atoms with E-state index in [1.54, 1.807) is 31.5 Å². The number of aromatic nitrogens is 3. The first-order valence-electron chi connectivity index (χ1n) is 7.19. The minimum absolute atomic E-state index is 0.0587. The molecule has 0 radical (unpaired) electrons. The van der Waals surface area contributed by atoms with Gasteiger partial charge in [0.25, 0.3) is 5.22 Å². The number of nitrogens with one attached hydrogen (secondary N) is 1. The molecule has 0 spiro atoms. The lowest BCUT2D eigenvalue weighted by Crippen LogP contribution is -2.23. The van der Waals surface area contributed by atoms with Gasteiger partial charge >= 0.3 is 0 Å². The number of anilines is 1. The van der Waals surface area contributed by atoms with Gasteiger partial charge in [0.1, 0.15) is 5.82 Å². The molecule has 2 heterocycles. The molecule has 0 saturated heterocycles. The third-order valence-corrected chi connectivity index (χ3v) is 4.32. The summed E-state index contributed by atoms with van der Waals surface area (Å²) in [4.78, 5) is 16.2. The maximum atomic E-state index is 13.7. The fourth-order valence-corrected chi connectivity index (χ4v) is 2.74. The molecule has 9 heteroatoms. The van der Waals surface area contributed by atoms with Crippen LogP contribution in [0.4, 0.5) is 10.1 Å². The molecule has 1 atom stereocenters. The number of pyridine rings is 1. The molecule has 128 valence electrons. The second-order valence-corrected chi connectivity index (χ2v) is 6.72. The third-order valence-electron chi connectivity index (χ3n) is 3.15. The summed E-state index contributed by atoms with van der Waals surface area (Å²) < 4.78 is 19.2. The van der Waals surface area contributed by atoms with E-state index in [4.69, 9.17) is 16.0 Å². The highest BCUT2D eigenvalue weighted by molar-refractivity contribution is 8.00. The number of halogens is 2. The van der Waals surface area contributed by atoms with Gasteiger partial charge in [0.15, 0.2) is 0 Å². The highest BCUT2D eigenvalue weighted by atomic mass is 35.5. The molecular formula is C16H12ClFN4O2S. The van der Waals surface area contributed by atoms with Gasteiger partial charge in [0.05, 0.1) is 16.5 Å². The molecule has 0 aliphatic heterocycles. The molecule has 1 unspecified atom stereocenters. The zero-order chi connectivity index (χ0) is 17.8. The number of benzene rings is 1. The topological polar surface area (TPSA) is 80.9 Å². The van der Waals surface area contributed by atoms with Crippen molar-refractivity contribution in [2.45, 2.75) is 17.4 Å². The van der Waals surface area contributed by atoms with Crippen LogP contribution >= 0.6 is 23.4 Å². The van der Waals surface area contributed by atoms with Crippen molar-refractivity contribution in [3.8, 4) is 11.5 Å². The van der Waals surface area contributed by atoms with E-state index < -0.39 is 17.0 Å². The van der Waals surface area contributed by atoms with Crippen molar-refractivity contribution in [3.63, 3.8) is 0 Å². The Morgan fingerprint density at radius 1 is 1.36 bits per heavy atom. The predicted octanol–water partition coefficient (Wildman–Crippen LogP) is 4.04. The van der Waals surface area contributed by atoms with Crippen LogP contribution in [0.5, 0.6) is 0 Å². The number of carbonyl (C=O) groups excluding carboxylic acids is 1. The number of carbonyl (C=O) groups is 1. The number of nitrogens with zero attached hydrogens (tertiary/aromatic N) is 3. The number of thioether (sulfide) groups is 1. The first kappa shape index (κ1) is 17.4. The zero-order valence-electron chi connectivity index (χ0n) is 12.9. The normalized spacial score (nSPS) is 12.0. The Bertz CT molecular complexity index is 891. The van der Waals surface area contributed by atoms with Crippen LogP contribution in [-0.4, -0.2) is 26.3 Å². The lowest BCUT2D eigenvalue weighted by Gasteiger charge is -2.10.